The third-order valence-corrected chi connectivity index (χ3v) is 5.50. The maximum absolute atomic E-state index is 12.7. The summed E-state index contributed by atoms with van der Waals surface area (Å²) in [5.41, 5.74) is 4.06. The lowest BCUT2D eigenvalue weighted by Gasteiger charge is -2.28. The first kappa shape index (κ1) is 20.7. The summed E-state index contributed by atoms with van der Waals surface area (Å²) in [6, 6.07) is 15.3. The molecule has 2 heterocycles. The van der Waals surface area contributed by atoms with Crippen molar-refractivity contribution in [3.8, 4) is 5.75 Å². The zero-order chi connectivity index (χ0) is 21.8. The van der Waals surface area contributed by atoms with Gasteiger partial charge < -0.3 is 19.9 Å². The van der Waals surface area contributed by atoms with Gasteiger partial charge in [0.2, 0.25) is 0 Å². The first-order valence-electron chi connectivity index (χ1n) is 10.4. The molecule has 0 radical (unpaired) electrons. The first-order valence-corrected chi connectivity index (χ1v) is 10.4. The largest absolute Gasteiger partial charge is 0.497 e. The molecule has 2 aromatic carbocycles. The smallest absolute Gasteiger partial charge is 0.322 e. The van der Waals surface area contributed by atoms with E-state index in [4.69, 9.17) is 4.74 Å². The molecule has 3 aromatic rings. The molecule has 1 aliphatic rings. The summed E-state index contributed by atoms with van der Waals surface area (Å²) < 4.78 is 5.26. The molecule has 0 aliphatic carbocycles. The molecule has 0 atom stereocenters. The van der Waals surface area contributed by atoms with Crippen molar-refractivity contribution in [1.29, 1.82) is 0 Å². The number of hydrogen-bond acceptors (Lipinski definition) is 4. The van der Waals surface area contributed by atoms with Gasteiger partial charge in [-0.3, -0.25) is 4.79 Å². The van der Waals surface area contributed by atoms with Gasteiger partial charge >= 0.3 is 6.03 Å². The number of carbonyl (C=O) groups excluding carboxylic acids is 1. The second-order valence-electron chi connectivity index (χ2n) is 7.62. The highest BCUT2D eigenvalue weighted by atomic mass is 16.5. The fraction of sp³-hybridized carbons (Fsp3) is 0.292. The molecule has 2 amide bonds. The molecule has 4 rings (SSSR count). The van der Waals surface area contributed by atoms with Crippen LogP contribution in [0.5, 0.6) is 5.75 Å². The van der Waals surface area contributed by atoms with E-state index in [0.29, 0.717) is 30.8 Å². The average molecular weight is 418 g/mol. The van der Waals surface area contributed by atoms with E-state index in [-0.39, 0.29) is 18.1 Å². The van der Waals surface area contributed by atoms with Crippen LogP contribution in [0, 0.1) is 0 Å². The summed E-state index contributed by atoms with van der Waals surface area (Å²) in [6.45, 7) is 2.84. The van der Waals surface area contributed by atoms with Crippen LogP contribution in [-0.2, 0) is 25.8 Å². The molecule has 7 heteroatoms. The number of nitrogens with zero attached hydrogens (tertiary/aromatic N) is 2. The van der Waals surface area contributed by atoms with Crippen molar-refractivity contribution in [3.63, 3.8) is 0 Å². The minimum absolute atomic E-state index is 0.187. The number of aromatic amines is 1. The Bertz CT molecular complexity index is 1160. The van der Waals surface area contributed by atoms with Gasteiger partial charge in [0.1, 0.15) is 11.6 Å². The number of aryl methyl sites for hydroxylation is 1. The highest BCUT2D eigenvalue weighted by molar-refractivity contribution is 5.89. The van der Waals surface area contributed by atoms with Crippen LogP contribution >= 0.6 is 0 Å². The first-order chi connectivity index (χ1) is 15.1. The molecule has 1 aliphatic heterocycles. The van der Waals surface area contributed by atoms with Crippen molar-refractivity contribution in [2.45, 2.75) is 32.7 Å². The third-order valence-electron chi connectivity index (χ3n) is 5.50. The van der Waals surface area contributed by atoms with Crippen LogP contribution in [0.2, 0.25) is 0 Å². The summed E-state index contributed by atoms with van der Waals surface area (Å²) in [5.74, 6) is 1.38. The number of ether oxygens (including phenoxy) is 1. The molecule has 160 valence electrons. The van der Waals surface area contributed by atoms with Crippen molar-refractivity contribution in [1.82, 2.24) is 14.9 Å². The second-order valence-corrected chi connectivity index (χ2v) is 7.62. The van der Waals surface area contributed by atoms with E-state index in [9.17, 15) is 9.59 Å². The summed E-state index contributed by atoms with van der Waals surface area (Å²) >= 11 is 0. The van der Waals surface area contributed by atoms with Crippen LogP contribution in [0.25, 0.3) is 0 Å². The molecule has 1 aromatic heterocycles. The average Bonchev–Trinajstić information content (AvgIpc) is 2.79. The lowest BCUT2D eigenvalue weighted by molar-refractivity contribution is 0.205. The number of nitrogens with one attached hydrogen (secondary N) is 2. The van der Waals surface area contributed by atoms with Gasteiger partial charge in [-0.1, -0.05) is 31.2 Å². The molecule has 2 N–H and O–H groups in total. The Hall–Kier alpha value is -3.61. The molecule has 0 fully saturated rings. The van der Waals surface area contributed by atoms with Crippen LogP contribution in [0.4, 0.5) is 10.5 Å². The monoisotopic (exact) mass is 418 g/mol. The molecule has 0 bridgehead atoms. The predicted octanol–water partition coefficient (Wildman–Crippen LogP) is 3.52. The minimum Gasteiger partial charge on any atom is -0.497 e. The van der Waals surface area contributed by atoms with E-state index in [1.807, 2.05) is 48.5 Å². The molecular weight excluding hydrogens is 392 g/mol. The van der Waals surface area contributed by atoms with Gasteiger partial charge in [0, 0.05) is 25.1 Å². The number of anilines is 1. The maximum Gasteiger partial charge on any atom is 0.322 e. The molecule has 0 unspecified atom stereocenters. The van der Waals surface area contributed by atoms with Crippen LogP contribution in [-0.4, -0.2) is 34.6 Å². The van der Waals surface area contributed by atoms with Gasteiger partial charge in [0.15, 0.2) is 0 Å². The Morgan fingerprint density at radius 1 is 1.19 bits per heavy atom. The van der Waals surface area contributed by atoms with E-state index < -0.39 is 0 Å². The standard InChI is InChI=1S/C24H26N4O3/c1-3-16-6-4-8-18(12-16)25-24(30)28-11-10-21-20(15-28)23(29)27-22(26-21)14-17-7-5-9-19(13-17)31-2/h4-9,12-13H,3,10-11,14-15H2,1-2H3,(H,25,30)(H,26,27,29). The molecular formula is C24H26N4O3. The van der Waals surface area contributed by atoms with Gasteiger partial charge in [0.25, 0.3) is 5.56 Å². The number of H-pyrrole nitrogens is 1. The third kappa shape index (κ3) is 4.77. The molecule has 0 spiro atoms. The van der Waals surface area contributed by atoms with Crippen molar-refractivity contribution in [2.24, 2.45) is 0 Å². The summed E-state index contributed by atoms with van der Waals surface area (Å²) in [7, 11) is 1.63. The van der Waals surface area contributed by atoms with E-state index in [1.165, 1.54) is 0 Å². The number of urea groups is 1. The van der Waals surface area contributed by atoms with Gasteiger partial charge in [-0.05, 0) is 41.8 Å². The molecule has 0 saturated heterocycles. The summed E-state index contributed by atoms with van der Waals surface area (Å²) in [4.78, 5) is 34.7. The van der Waals surface area contributed by atoms with Crippen LogP contribution in [0.15, 0.2) is 53.3 Å². The Morgan fingerprint density at radius 3 is 2.81 bits per heavy atom. The van der Waals surface area contributed by atoms with Crippen molar-refractivity contribution in [2.75, 3.05) is 19.0 Å². The summed E-state index contributed by atoms with van der Waals surface area (Å²) in [5, 5.41) is 2.93. The van der Waals surface area contributed by atoms with E-state index in [0.717, 1.165) is 34.7 Å². The zero-order valence-electron chi connectivity index (χ0n) is 17.8. The molecule has 7 nitrogen and oxygen atoms in total. The number of fused-ring (bicyclic) bond motifs is 1. The van der Waals surface area contributed by atoms with Crippen molar-refractivity contribution >= 4 is 11.7 Å². The number of amides is 2. The minimum atomic E-state index is -0.209. The van der Waals surface area contributed by atoms with Crippen molar-refractivity contribution < 1.29 is 9.53 Å². The van der Waals surface area contributed by atoms with E-state index >= 15 is 0 Å². The Labute approximate surface area is 181 Å². The Balaban J connectivity index is 1.48. The van der Waals surface area contributed by atoms with Crippen LogP contribution < -0.4 is 15.6 Å². The zero-order valence-corrected chi connectivity index (χ0v) is 17.8. The number of hydrogen-bond donors (Lipinski definition) is 2. The quantitative estimate of drug-likeness (QED) is 0.664. The van der Waals surface area contributed by atoms with Gasteiger partial charge in [0.05, 0.1) is 24.9 Å². The number of methoxy groups -OCH3 is 1. The lowest BCUT2D eigenvalue weighted by atomic mass is 10.1. The fourth-order valence-corrected chi connectivity index (χ4v) is 3.78. The SMILES string of the molecule is CCc1cccc(NC(=O)N2CCc3nc(Cc4cccc(OC)c4)[nH]c(=O)c3C2)c1. The number of carbonyl (C=O) groups is 1. The highest BCUT2D eigenvalue weighted by Crippen LogP contribution is 2.19. The molecule has 0 saturated carbocycles. The fourth-order valence-electron chi connectivity index (χ4n) is 3.78. The van der Waals surface area contributed by atoms with Gasteiger partial charge in [-0.25, -0.2) is 9.78 Å². The Kier molecular flexibility index (Phi) is 6.02. The topological polar surface area (TPSA) is 87.3 Å². The van der Waals surface area contributed by atoms with E-state index in [1.54, 1.807) is 12.0 Å². The van der Waals surface area contributed by atoms with E-state index in [2.05, 4.69) is 22.2 Å². The molecule has 31 heavy (non-hydrogen) atoms. The summed E-state index contributed by atoms with van der Waals surface area (Å²) in [6.07, 6.45) is 1.96. The van der Waals surface area contributed by atoms with Crippen LogP contribution in [0.1, 0.15) is 35.1 Å². The van der Waals surface area contributed by atoms with Crippen molar-refractivity contribution in [3.05, 3.63) is 87.1 Å². The normalized spacial score (nSPS) is 12.9. The van der Waals surface area contributed by atoms with Crippen LogP contribution in [0.3, 0.4) is 0 Å². The lowest BCUT2D eigenvalue weighted by Crippen LogP contribution is -2.42. The maximum atomic E-state index is 12.7. The number of benzene rings is 2. The Morgan fingerprint density at radius 2 is 2.00 bits per heavy atom. The van der Waals surface area contributed by atoms with Gasteiger partial charge in [-0.15, -0.1) is 0 Å². The van der Waals surface area contributed by atoms with Gasteiger partial charge in [-0.2, -0.15) is 0 Å². The predicted molar refractivity (Wildman–Crippen MR) is 120 cm³/mol. The highest BCUT2D eigenvalue weighted by Gasteiger charge is 2.24. The number of aromatic nitrogens is 2. The number of rotatable bonds is 5. The second kappa shape index (κ2) is 9.04.